The summed E-state index contributed by atoms with van der Waals surface area (Å²) in [7, 11) is 0. The summed E-state index contributed by atoms with van der Waals surface area (Å²) in [5.74, 6) is -0.507. The average Bonchev–Trinajstić information content (AvgIpc) is 3.34. The van der Waals surface area contributed by atoms with Crippen molar-refractivity contribution < 1.29 is 18.7 Å². The highest BCUT2D eigenvalue weighted by Gasteiger charge is 2.26. The number of nitrogens with zero attached hydrogens (tertiary/aromatic N) is 1. The molecule has 1 aliphatic rings. The van der Waals surface area contributed by atoms with Gasteiger partial charge in [0.25, 0.3) is 0 Å². The van der Waals surface area contributed by atoms with Crippen LogP contribution in [0.15, 0.2) is 39.6 Å². The van der Waals surface area contributed by atoms with Gasteiger partial charge in [-0.2, -0.15) is 11.3 Å². The van der Waals surface area contributed by atoms with Crippen LogP contribution < -0.4 is 10.6 Å². The molecule has 2 aromatic heterocycles. The highest BCUT2D eigenvalue weighted by Crippen LogP contribution is 2.21. The molecule has 2 N–H and O–H groups in total. The van der Waals surface area contributed by atoms with Crippen LogP contribution in [0.4, 0.5) is 0 Å². The molecular formula is C17H21N3O4S. The minimum absolute atomic E-state index is 0.118. The van der Waals surface area contributed by atoms with E-state index in [1.807, 2.05) is 29.0 Å². The number of rotatable bonds is 6. The quantitative estimate of drug-likeness (QED) is 0.752. The van der Waals surface area contributed by atoms with Gasteiger partial charge in [0.1, 0.15) is 5.76 Å². The summed E-state index contributed by atoms with van der Waals surface area (Å²) in [5.41, 5.74) is 0.980. The van der Waals surface area contributed by atoms with Crippen LogP contribution in [0.3, 0.4) is 0 Å². The zero-order chi connectivity index (χ0) is 17.5. The Morgan fingerprint density at radius 1 is 1.20 bits per heavy atom. The Kier molecular flexibility index (Phi) is 6.21. The van der Waals surface area contributed by atoms with E-state index in [0.717, 1.165) is 24.4 Å². The number of amides is 2. The number of thiophene rings is 1. The van der Waals surface area contributed by atoms with E-state index >= 15 is 0 Å². The lowest BCUT2D eigenvalue weighted by Gasteiger charge is -2.33. The molecular weight excluding hydrogens is 342 g/mol. The van der Waals surface area contributed by atoms with Crippen LogP contribution in [0.2, 0.25) is 0 Å². The van der Waals surface area contributed by atoms with Gasteiger partial charge in [0, 0.05) is 26.2 Å². The molecule has 1 atom stereocenters. The second kappa shape index (κ2) is 8.80. The summed E-state index contributed by atoms with van der Waals surface area (Å²) in [6.45, 7) is 3.45. The summed E-state index contributed by atoms with van der Waals surface area (Å²) in [5, 5.41) is 9.19. The van der Waals surface area contributed by atoms with Crippen LogP contribution in [0.5, 0.6) is 0 Å². The van der Waals surface area contributed by atoms with Gasteiger partial charge in [0.05, 0.1) is 25.5 Å². The molecule has 0 aromatic carbocycles. The maximum atomic E-state index is 12.1. The maximum Gasteiger partial charge on any atom is 0.309 e. The standard InChI is InChI=1S/C17H21N3O4S/c21-16(18-10-13-3-9-25-12-13)17(22)19-11-14(15-2-1-6-24-15)20-4-7-23-8-5-20/h1-3,6,9,12,14H,4-5,7-8,10-11H2,(H,18,21)(H,19,22). The predicted molar refractivity (Wildman–Crippen MR) is 93.0 cm³/mol. The summed E-state index contributed by atoms with van der Waals surface area (Å²) in [6, 6.07) is 5.49. The van der Waals surface area contributed by atoms with Crippen LogP contribution in [-0.4, -0.2) is 49.6 Å². The Morgan fingerprint density at radius 3 is 2.68 bits per heavy atom. The molecule has 7 nitrogen and oxygen atoms in total. The molecule has 0 bridgehead atoms. The first-order valence-electron chi connectivity index (χ1n) is 8.16. The molecule has 1 aliphatic heterocycles. The van der Waals surface area contributed by atoms with E-state index in [-0.39, 0.29) is 6.04 Å². The molecule has 3 rings (SSSR count). The maximum absolute atomic E-state index is 12.1. The molecule has 25 heavy (non-hydrogen) atoms. The number of carbonyl (C=O) groups excluding carboxylic acids is 2. The zero-order valence-corrected chi connectivity index (χ0v) is 14.6. The van der Waals surface area contributed by atoms with Crippen LogP contribution >= 0.6 is 11.3 Å². The fourth-order valence-corrected chi connectivity index (χ4v) is 3.37. The van der Waals surface area contributed by atoms with Gasteiger partial charge in [-0.3, -0.25) is 14.5 Å². The van der Waals surface area contributed by atoms with Crippen LogP contribution in [-0.2, 0) is 20.9 Å². The smallest absolute Gasteiger partial charge is 0.309 e. The molecule has 2 aromatic rings. The van der Waals surface area contributed by atoms with Gasteiger partial charge < -0.3 is 19.8 Å². The van der Waals surface area contributed by atoms with E-state index in [4.69, 9.17) is 9.15 Å². The van der Waals surface area contributed by atoms with Gasteiger partial charge in [0.15, 0.2) is 0 Å². The molecule has 3 heterocycles. The van der Waals surface area contributed by atoms with E-state index in [2.05, 4.69) is 15.5 Å². The summed E-state index contributed by atoms with van der Waals surface area (Å²) in [4.78, 5) is 26.2. The van der Waals surface area contributed by atoms with Gasteiger partial charge in [0.2, 0.25) is 0 Å². The second-order valence-electron chi connectivity index (χ2n) is 5.70. The third-order valence-electron chi connectivity index (χ3n) is 4.05. The van der Waals surface area contributed by atoms with E-state index in [0.29, 0.717) is 26.3 Å². The first kappa shape index (κ1) is 17.7. The second-order valence-corrected chi connectivity index (χ2v) is 6.48. The van der Waals surface area contributed by atoms with Crippen LogP contribution in [0.1, 0.15) is 17.4 Å². The average molecular weight is 363 g/mol. The van der Waals surface area contributed by atoms with E-state index in [9.17, 15) is 9.59 Å². The van der Waals surface area contributed by atoms with Crippen molar-refractivity contribution in [2.45, 2.75) is 12.6 Å². The number of nitrogens with one attached hydrogen (secondary N) is 2. The molecule has 134 valence electrons. The fraction of sp³-hybridized carbons (Fsp3) is 0.412. The third-order valence-corrected chi connectivity index (χ3v) is 4.79. The molecule has 0 aliphatic carbocycles. The zero-order valence-electron chi connectivity index (χ0n) is 13.8. The first-order chi connectivity index (χ1) is 12.2. The summed E-state index contributed by atoms with van der Waals surface area (Å²) >= 11 is 1.55. The van der Waals surface area contributed by atoms with Crippen molar-refractivity contribution >= 4 is 23.2 Å². The van der Waals surface area contributed by atoms with Crippen LogP contribution in [0, 0.1) is 0 Å². The number of ether oxygens (including phenoxy) is 1. The molecule has 2 amide bonds. The van der Waals surface area contributed by atoms with Gasteiger partial charge >= 0.3 is 11.8 Å². The number of morpholine rings is 1. The highest BCUT2D eigenvalue weighted by atomic mass is 32.1. The molecule has 1 unspecified atom stereocenters. The monoisotopic (exact) mass is 363 g/mol. The van der Waals surface area contributed by atoms with Gasteiger partial charge in [-0.15, -0.1) is 0 Å². The van der Waals surface area contributed by atoms with E-state index < -0.39 is 11.8 Å². The van der Waals surface area contributed by atoms with Crippen molar-refractivity contribution in [1.29, 1.82) is 0 Å². The molecule has 1 fully saturated rings. The molecule has 0 spiro atoms. The Balaban J connectivity index is 1.52. The summed E-state index contributed by atoms with van der Waals surface area (Å²) < 4.78 is 10.9. The lowest BCUT2D eigenvalue weighted by Crippen LogP contribution is -2.46. The predicted octanol–water partition coefficient (Wildman–Crippen LogP) is 1.15. The fourth-order valence-electron chi connectivity index (χ4n) is 2.71. The van der Waals surface area contributed by atoms with Crippen molar-refractivity contribution in [2.75, 3.05) is 32.8 Å². The number of furan rings is 1. The topological polar surface area (TPSA) is 83.8 Å². The van der Waals surface area contributed by atoms with Gasteiger partial charge in [-0.25, -0.2) is 0 Å². The molecule has 0 radical (unpaired) electrons. The largest absolute Gasteiger partial charge is 0.468 e. The van der Waals surface area contributed by atoms with Crippen molar-refractivity contribution in [3.05, 3.63) is 46.5 Å². The lowest BCUT2D eigenvalue weighted by atomic mass is 10.1. The van der Waals surface area contributed by atoms with Gasteiger partial charge in [-0.1, -0.05) is 0 Å². The van der Waals surface area contributed by atoms with Crippen molar-refractivity contribution in [1.82, 2.24) is 15.5 Å². The Bertz CT molecular complexity index is 666. The Morgan fingerprint density at radius 2 is 2.00 bits per heavy atom. The normalized spacial score (nSPS) is 16.3. The van der Waals surface area contributed by atoms with Crippen LogP contribution in [0.25, 0.3) is 0 Å². The molecule has 8 heteroatoms. The number of hydrogen-bond donors (Lipinski definition) is 2. The van der Waals surface area contributed by atoms with Gasteiger partial charge in [-0.05, 0) is 34.5 Å². The number of carbonyl (C=O) groups is 2. The van der Waals surface area contributed by atoms with E-state index in [1.54, 1.807) is 17.6 Å². The SMILES string of the molecule is O=C(NCc1ccsc1)C(=O)NCC(c1ccco1)N1CCOCC1. The minimum atomic E-state index is -0.639. The van der Waals surface area contributed by atoms with E-state index in [1.165, 1.54) is 0 Å². The third kappa shape index (κ3) is 4.91. The molecule has 1 saturated heterocycles. The molecule has 0 saturated carbocycles. The lowest BCUT2D eigenvalue weighted by molar-refractivity contribution is -0.139. The Hall–Kier alpha value is -2.16. The minimum Gasteiger partial charge on any atom is -0.468 e. The highest BCUT2D eigenvalue weighted by molar-refractivity contribution is 7.07. The first-order valence-corrected chi connectivity index (χ1v) is 9.10. The summed E-state index contributed by atoms with van der Waals surface area (Å²) in [6.07, 6.45) is 1.61. The van der Waals surface area contributed by atoms with Crippen molar-refractivity contribution in [2.24, 2.45) is 0 Å². The van der Waals surface area contributed by atoms with Crippen molar-refractivity contribution in [3.8, 4) is 0 Å². The Labute approximate surface area is 149 Å². The number of hydrogen-bond acceptors (Lipinski definition) is 6. The van der Waals surface area contributed by atoms with Crippen molar-refractivity contribution in [3.63, 3.8) is 0 Å².